The number of likely N-dealkylation sites (tertiary alicyclic amines) is 1. The molecule has 40 heavy (non-hydrogen) atoms. The van der Waals surface area contributed by atoms with Gasteiger partial charge in [0.05, 0.1) is 11.6 Å². The van der Waals surface area contributed by atoms with Gasteiger partial charge in [-0.25, -0.2) is 0 Å². The zero-order chi connectivity index (χ0) is 28.4. The highest BCUT2D eigenvalue weighted by Crippen LogP contribution is 2.27. The number of carbonyl (C=O) groups excluding carboxylic acids is 2. The monoisotopic (exact) mass is 590 g/mol. The van der Waals surface area contributed by atoms with Gasteiger partial charge >= 0.3 is 0 Å². The van der Waals surface area contributed by atoms with Crippen molar-refractivity contribution in [3.8, 4) is 0 Å². The molecule has 4 rings (SSSR count). The number of hydrogen-bond donors (Lipinski definition) is 3. The average molecular weight is 591 g/mol. The van der Waals surface area contributed by atoms with Crippen LogP contribution in [-0.2, 0) is 16.1 Å². The fourth-order valence-electron chi connectivity index (χ4n) is 5.89. The molecule has 0 radical (unpaired) electrons. The maximum absolute atomic E-state index is 13.6. The van der Waals surface area contributed by atoms with Crippen LogP contribution in [0.4, 0.5) is 0 Å². The summed E-state index contributed by atoms with van der Waals surface area (Å²) in [7, 11) is 0. The summed E-state index contributed by atoms with van der Waals surface area (Å²) in [5.41, 5.74) is 0.563. The van der Waals surface area contributed by atoms with Crippen LogP contribution in [0.25, 0.3) is 0 Å². The summed E-state index contributed by atoms with van der Waals surface area (Å²) in [6.45, 7) is 7.15. The number of carbonyl (C=O) groups is 2. The van der Waals surface area contributed by atoms with E-state index in [0.29, 0.717) is 18.7 Å². The Morgan fingerprint density at radius 2 is 1.82 bits per heavy atom. The molecule has 1 aromatic carbocycles. The molecule has 0 unspecified atom stereocenters. The van der Waals surface area contributed by atoms with Crippen LogP contribution in [0.2, 0.25) is 0 Å². The van der Waals surface area contributed by atoms with Crippen LogP contribution in [0, 0.1) is 5.92 Å². The predicted molar refractivity (Wildman–Crippen MR) is 167 cm³/mol. The Morgan fingerprint density at radius 1 is 1.10 bits per heavy atom. The van der Waals surface area contributed by atoms with E-state index in [1.807, 2.05) is 17.8 Å². The summed E-state index contributed by atoms with van der Waals surface area (Å²) in [6, 6.07) is 9.92. The van der Waals surface area contributed by atoms with E-state index in [4.69, 9.17) is 0 Å². The molecule has 3 fully saturated rings. The van der Waals surface area contributed by atoms with Gasteiger partial charge in [-0.3, -0.25) is 19.4 Å². The molecule has 0 spiro atoms. The number of hydrogen-bond acceptors (Lipinski definition) is 7. The highest BCUT2D eigenvalue weighted by molar-refractivity contribution is 7.99. The second kappa shape index (κ2) is 15.8. The number of nitrogens with one attached hydrogen (secondary N) is 2. The molecule has 1 aromatic rings. The number of amides is 2. The fourth-order valence-corrected chi connectivity index (χ4v) is 8.40. The Labute approximate surface area is 250 Å². The van der Waals surface area contributed by atoms with Gasteiger partial charge in [-0.1, -0.05) is 49.6 Å². The molecule has 3 N–H and O–H groups in total. The van der Waals surface area contributed by atoms with Crippen molar-refractivity contribution in [3.63, 3.8) is 0 Å². The molecule has 3 aliphatic rings. The molecule has 7 nitrogen and oxygen atoms in total. The van der Waals surface area contributed by atoms with Gasteiger partial charge in [0, 0.05) is 49.6 Å². The molecule has 9 heteroatoms. The maximum Gasteiger partial charge on any atom is 0.243 e. The van der Waals surface area contributed by atoms with Crippen LogP contribution in [-0.4, -0.2) is 93.2 Å². The van der Waals surface area contributed by atoms with E-state index in [1.165, 1.54) is 37.7 Å². The zero-order valence-corrected chi connectivity index (χ0v) is 26.1. The smallest absolute Gasteiger partial charge is 0.243 e. The number of benzene rings is 1. The minimum atomic E-state index is -0.761. The lowest BCUT2D eigenvalue weighted by Gasteiger charge is -2.33. The summed E-state index contributed by atoms with van der Waals surface area (Å²) in [5, 5.41) is 16.6. The number of rotatable bonds is 13. The van der Waals surface area contributed by atoms with Crippen molar-refractivity contribution in [2.75, 3.05) is 42.8 Å². The molecule has 2 heterocycles. The normalized spacial score (nSPS) is 22.7. The summed E-state index contributed by atoms with van der Waals surface area (Å²) in [4.78, 5) is 31.6. The lowest BCUT2D eigenvalue weighted by molar-refractivity contribution is -0.131. The van der Waals surface area contributed by atoms with Crippen LogP contribution in [0.1, 0.15) is 70.8 Å². The van der Waals surface area contributed by atoms with Gasteiger partial charge in [-0.05, 0) is 63.2 Å². The molecule has 1 aliphatic carbocycles. The zero-order valence-electron chi connectivity index (χ0n) is 24.5. The first kappa shape index (κ1) is 31.7. The highest BCUT2D eigenvalue weighted by Gasteiger charge is 2.35. The van der Waals surface area contributed by atoms with E-state index in [1.54, 1.807) is 25.6 Å². The molecule has 1 saturated carbocycles. The Kier molecular flexibility index (Phi) is 12.5. The van der Waals surface area contributed by atoms with Crippen LogP contribution in [0.5, 0.6) is 0 Å². The molecular formula is C31H50N4O3S2. The minimum Gasteiger partial charge on any atom is -0.390 e. The molecular weight excluding hydrogens is 541 g/mol. The molecule has 2 saturated heterocycles. The first-order valence-electron chi connectivity index (χ1n) is 15.3. The van der Waals surface area contributed by atoms with E-state index in [2.05, 4.69) is 44.7 Å². The van der Waals surface area contributed by atoms with E-state index in [0.717, 1.165) is 55.8 Å². The van der Waals surface area contributed by atoms with Crippen molar-refractivity contribution in [2.45, 2.75) is 95.5 Å². The van der Waals surface area contributed by atoms with Gasteiger partial charge < -0.3 is 15.7 Å². The first-order chi connectivity index (χ1) is 19.3. The lowest BCUT2D eigenvalue weighted by atomic mass is 9.91. The van der Waals surface area contributed by atoms with Crippen molar-refractivity contribution >= 4 is 35.3 Å². The van der Waals surface area contributed by atoms with Gasteiger partial charge in [0.1, 0.15) is 6.04 Å². The first-order valence-corrected chi connectivity index (χ1v) is 17.6. The number of thioether (sulfide) groups is 2. The van der Waals surface area contributed by atoms with Crippen molar-refractivity contribution in [2.24, 2.45) is 5.92 Å². The van der Waals surface area contributed by atoms with Crippen molar-refractivity contribution < 1.29 is 14.7 Å². The van der Waals surface area contributed by atoms with Crippen molar-refractivity contribution in [1.82, 2.24) is 20.4 Å². The number of nitrogens with zero attached hydrogens (tertiary/aromatic N) is 2. The highest BCUT2D eigenvalue weighted by atomic mass is 32.2. The van der Waals surface area contributed by atoms with Gasteiger partial charge in [0.15, 0.2) is 0 Å². The van der Waals surface area contributed by atoms with Gasteiger partial charge in [-0.2, -0.15) is 11.8 Å². The third-order valence-electron chi connectivity index (χ3n) is 8.47. The SMILES string of the molecule is CC(C)(O)CCN1CSC[C@H]1C(=O)N[C@@H](CSCC1CCCCC1)C(=O)NC1CCN(Cc2ccccc2)CC1. The molecule has 2 aliphatic heterocycles. The Morgan fingerprint density at radius 3 is 2.52 bits per heavy atom. The molecule has 2 amide bonds. The van der Waals surface area contributed by atoms with Crippen LogP contribution < -0.4 is 10.6 Å². The Hall–Kier alpha value is -1.26. The average Bonchev–Trinajstić information content (AvgIpc) is 3.42. The fraction of sp³-hybridized carbons (Fsp3) is 0.742. The summed E-state index contributed by atoms with van der Waals surface area (Å²) < 4.78 is 0. The summed E-state index contributed by atoms with van der Waals surface area (Å²) in [5.74, 6) is 3.82. The van der Waals surface area contributed by atoms with Crippen LogP contribution in [0.15, 0.2) is 30.3 Å². The molecule has 0 aromatic heterocycles. The summed E-state index contributed by atoms with van der Waals surface area (Å²) in [6.07, 6.45) is 9.01. The third-order valence-corrected chi connectivity index (χ3v) is 10.8. The van der Waals surface area contributed by atoms with E-state index < -0.39 is 11.6 Å². The Bertz CT molecular complexity index is 915. The van der Waals surface area contributed by atoms with E-state index >= 15 is 0 Å². The quantitative estimate of drug-likeness (QED) is 0.319. The van der Waals surface area contributed by atoms with Crippen molar-refractivity contribution in [1.29, 1.82) is 0 Å². The minimum absolute atomic E-state index is 0.0419. The van der Waals surface area contributed by atoms with Gasteiger partial charge in [0.25, 0.3) is 0 Å². The van der Waals surface area contributed by atoms with Crippen LogP contribution >= 0.6 is 23.5 Å². The maximum atomic E-state index is 13.6. The Balaban J connectivity index is 1.30. The second-order valence-electron chi connectivity index (χ2n) is 12.5. The lowest BCUT2D eigenvalue weighted by Crippen LogP contribution is -2.56. The number of aliphatic hydroxyl groups is 1. The standard InChI is InChI=1S/C31H50N4O3S2/c1-31(2,38)15-18-35-23-40-22-28(35)30(37)33-27(21-39-20-25-11-7-4-8-12-25)29(36)32-26-13-16-34(17-14-26)19-24-9-5-3-6-10-24/h3,5-6,9-10,25-28,38H,4,7-8,11-23H2,1-2H3,(H,32,36)(H,33,37)/t27-,28-/m0/s1. The van der Waals surface area contributed by atoms with Gasteiger partial charge in [-0.15, -0.1) is 11.8 Å². The largest absolute Gasteiger partial charge is 0.390 e. The third kappa shape index (κ3) is 10.5. The molecule has 224 valence electrons. The van der Waals surface area contributed by atoms with Gasteiger partial charge in [0.2, 0.25) is 11.8 Å². The van der Waals surface area contributed by atoms with Crippen LogP contribution in [0.3, 0.4) is 0 Å². The molecule has 0 bridgehead atoms. The van der Waals surface area contributed by atoms with Crippen molar-refractivity contribution in [3.05, 3.63) is 35.9 Å². The molecule has 2 atom stereocenters. The number of piperidine rings is 1. The summed E-state index contributed by atoms with van der Waals surface area (Å²) >= 11 is 3.57. The second-order valence-corrected chi connectivity index (χ2v) is 14.6. The predicted octanol–water partition coefficient (Wildman–Crippen LogP) is 4.10. The van der Waals surface area contributed by atoms with E-state index in [9.17, 15) is 14.7 Å². The topological polar surface area (TPSA) is 84.9 Å². The van der Waals surface area contributed by atoms with E-state index in [-0.39, 0.29) is 23.9 Å².